The van der Waals surface area contributed by atoms with Crippen LogP contribution >= 0.6 is 0 Å². The normalized spacial score (nSPS) is 12.2. The van der Waals surface area contributed by atoms with Gasteiger partial charge in [-0.15, -0.1) is 0 Å². The van der Waals surface area contributed by atoms with Gasteiger partial charge in [0.1, 0.15) is 0 Å². The summed E-state index contributed by atoms with van der Waals surface area (Å²) in [6, 6.07) is 58.0. The maximum atomic E-state index is 6.28. The maximum Gasteiger partial charge on any atom is 0.0426 e. The van der Waals surface area contributed by atoms with Crippen LogP contribution in [0.4, 0.5) is 5.69 Å². The van der Waals surface area contributed by atoms with E-state index in [1.165, 1.54) is 72.2 Å². The Bertz CT molecular complexity index is 2680. The molecule has 1 aliphatic carbocycles. The lowest BCUT2D eigenvalue weighted by atomic mass is 9.81. The van der Waals surface area contributed by atoms with Crippen molar-refractivity contribution in [1.29, 1.82) is 0 Å². The van der Waals surface area contributed by atoms with Gasteiger partial charge in [0.15, 0.2) is 0 Å². The zero-order valence-corrected chi connectivity index (χ0v) is 35.4. The second kappa shape index (κ2) is 18.7. The number of nitrogens with two attached hydrogens (primary N) is 1. The molecule has 0 saturated heterocycles. The SMILES string of the molecule is C=C(/C=C(\N)c1cccc(-c2ccccc2)c1)c1ccccc1.CC.CCC.CCNc1cccc2c3cc4c(cc3c3ccccc3c12)-c1ccccc1C4(C)C. The Morgan fingerprint density at radius 3 is 1.79 bits per heavy atom. The van der Waals surface area contributed by atoms with Crippen molar-refractivity contribution in [1.82, 2.24) is 0 Å². The van der Waals surface area contributed by atoms with Gasteiger partial charge in [0.25, 0.3) is 0 Å². The molecule has 0 radical (unpaired) electrons. The molecule has 0 amide bonds. The van der Waals surface area contributed by atoms with Crippen LogP contribution in [0, 0.1) is 0 Å². The lowest BCUT2D eigenvalue weighted by Gasteiger charge is -2.22. The summed E-state index contributed by atoms with van der Waals surface area (Å²) in [6.45, 7) is 20.2. The molecule has 8 aromatic rings. The molecular formula is C56H58N2. The first-order chi connectivity index (χ1) is 28.3. The van der Waals surface area contributed by atoms with Gasteiger partial charge >= 0.3 is 0 Å². The lowest BCUT2D eigenvalue weighted by Crippen LogP contribution is -2.14. The molecule has 0 atom stereocenters. The molecule has 0 aromatic heterocycles. The van der Waals surface area contributed by atoms with E-state index < -0.39 is 0 Å². The first-order valence-corrected chi connectivity index (χ1v) is 20.9. The van der Waals surface area contributed by atoms with E-state index in [4.69, 9.17) is 5.73 Å². The molecule has 2 heteroatoms. The predicted octanol–water partition coefficient (Wildman–Crippen LogP) is 15.7. The lowest BCUT2D eigenvalue weighted by molar-refractivity contribution is 0.661. The van der Waals surface area contributed by atoms with Crippen LogP contribution in [0.1, 0.15) is 77.1 Å². The molecule has 1 aliphatic rings. The van der Waals surface area contributed by atoms with Crippen molar-refractivity contribution in [2.24, 2.45) is 5.73 Å². The summed E-state index contributed by atoms with van der Waals surface area (Å²) in [6.07, 6.45) is 3.18. The van der Waals surface area contributed by atoms with Crippen LogP contribution in [0.5, 0.6) is 0 Å². The molecule has 0 fully saturated rings. The van der Waals surface area contributed by atoms with E-state index >= 15 is 0 Å². The zero-order chi connectivity index (χ0) is 41.2. The van der Waals surface area contributed by atoms with Gasteiger partial charge in [0, 0.05) is 28.7 Å². The quantitative estimate of drug-likeness (QED) is 0.131. The van der Waals surface area contributed by atoms with Gasteiger partial charge in [-0.05, 0) is 114 Å². The highest BCUT2D eigenvalue weighted by Crippen LogP contribution is 2.51. The predicted molar refractivity (Wildman–Crippen MR) is 258 cm³/mol. The molecule has 292 valence electrons. The van der Waals surface area contributed by atoms with Gasteiger partial charge in [-0.3, -0.25) is 0 Å². The molecule has 9 rings (SSSR count). The summed E-state index contributed by atoms with van der Waals surface area (Å²) >= 11 is 0. The highest BCUT2D eigenvalue weighted by Gasteiger charge is 2.35. The Labute approximate surface area is 346 Å². The van der Waals surface area contributed by atoms with Crippen LogP contribution in [-0.2, 0) is 5.41 Å². The Morgan fingerprint density at radius 1 is 0.552 bits per heavy atom. The van der Waals surface area contributed by atoms with Gasteiger partial charge in [-0.1, -0.05) is 194 Å². The van der Waals surface area contributed by atoms with Crippen LogP contribution in [0.15, 0.2) is 176 Å². The van der Waals surface area contributed by atoms with Crippen molar-refractivity contribution in [3.8, 4) is 22.3 Å². The fourth-order valence-electron chi connectivity index (χ4n) is 8.05. The van der Waals surface area contributed by atoms with Crippen LogP contribution in [-0.4, -0.2) is 6.54 Å². The van der Waals surface area contributed by atoms with Crippen molar-refractivity contribution in [2.45, 2.75) is 60.3 Å². The molecule has 0 aliphatic heterocycles. The van der Waals surface area contributed by atoms with E-state index in [1.54, 1.807) is 0 Å². The van der Waals surface area contributed by atoms with Crippen molar-refractivity contribution in [3.05, 3.63) is 199 Å². The van der Waals surface area contributed by atoms with Crippen molar-refractivity contribution in [3.63, 3.8) is 0 Å². The Morgan fingerprint density at radius 2 is 1.09 bits per heavy atom. The topological polar surface area (TPSA) is 38.0 Å². The smallest absolute Gasteiger partial charge is 0.0426 e. The van der Waals surface area contributed by atoms with Gasteiger partial charge in [-0.25, -0.2) is 0 Å². The summed E-state index contributed by atoms with van der Waals surface area (Å²) in [4.78, 5) is 0. The van der Waals surface area contributed by atoms with Crippen LogP contribution < -0.4 is 11.1 Å². The second-order valence-electron chi connectivity index (χ2n) is 15.1. The fourth-order valence-corrected chi connectivity index (χ4v) is 8.05. The molecule has 3 N–H and O–H groups in total. The monoisotopic (exact) mass is 758 g/mol. The van der Waals surface area contributed by atoms with E-state index in [9.17, 15) is 0 Å². The van der Waals surface area contributed by atoms with Gasteiger partial charge < -0.3 is 11.1 Å². The van der Waals surface area contributed by atoms with Crippen LogP contribution in [0.25, 0.3) is 65.8 Å². The number of rotatable bonds is 6. The number of fused-ring (bicyclic) bond motifs is 9. The molecule has 0 saturated carbocycles. The summed E-state index contributed by atoms with van der Waals surface area (Å²) in [5.41, 5.74) is 19.2. The average molecular weight is 759 g/mol. The summed E-state index contributed by atoms with van der Waals surface area (Å²) in [7, 11) is 0. The highest BCUT2D eigenvalue weighted by molar-refractivity contribution is 6.29. The zero-order valence-electron chi connectivity index (χ0n) is 35.4. The summed E-state index contributed by atoms with van der Waals surface area (Å²) < 4.78 is 0. The second-order valence-corrected chi connectivity index (χ2v) is 15.1. The Hall–Kier alpha value is -6.38. The van der Waals surface area contributed by atoms with E-state index in [1.807, 2.05) is 80.6 Å². The first kappa shape index (κ1) is 41.3. The largest absolute Gasteiger partial charge is 0.398 e. The number of anilines is 1. The molecule has 2 nitrogen and oxygen atoms in total. The minimum atomic E-state index is 0.0113. The molecule has 0 heterocycles. The van der Waals surface area contributed by atoms with Crippen LogP contribution in [0.3, 0.4) is 0 Å². The minimum Gasteiger partial charge on any atom is -0.398 e. The Balaban J connectivity index is 0.000000182. The molecule has 0 spiro atoms. The maximum absolute atomic E-state index is 6.28. The molecular weight excluding hydrogens is 701 g/mol. The average Bonchev–Trinajstić information content (AvgIpc) is 3.50. The van der Waals surface area contributed by atoms with E-state index in [0.29, 0.717) is 0 Å². The number of benzene rings is 8. The third kappa shape index (κ3) is 8.34. The van der Waals surface area contributed by atoms with Gasteiger partial charge in [0.2, 0.25) is 0 Å². The number of hydrogen-bond donors (Lipinski definition) is 2. The van der Waals surface area contributed by atoms with Crippen molar-refractivity contribution >= 4 is 49.3 Å². The standard InChI is InChI=1S/C29H25N.C22H19N.C3H8.C2H6/c1-4-30-27-15-9-13-21-23-17-26-24(19-11-7-8-14-25(19)29(26,2)3)16-22(23)18-10-5-6-12-20(18)28(21)27;1-17(18-9-4-2-5-10-18)15-22(23)21-14-8-13-20(16-21)19-11-6-3-7-12-19;1-3-2;1-2/h5-17,30H,4H2,1-3H3;2-16H,1,23H2;3H2,1-2H3;1-2H3/b;22-15-;;. The fraction of sp³-hybridized carbons (Fsp3) is 0.179. The van der Waals surface area contributed by atoms with E-state index in [0.717, 1.165) is 34.5 Å². The Kier molecular flexibility index (Phi) is 13.3. The third-order valence-corrected chi connectivity index (χ3v) is 10.7. The van der Waals surface area contributed by atoms with Crippen LogP contribution in [0.2, 0.25) is 0 Å². The van der Waals surface area contributed by atoms with E-state index in [-0.39, 0.29) is 5.41 Å². The summed E-state index contributed by atoms with van der Waals surface area (Å²) in [5, 5.41) is 11.6. The van der Waals surface area contributed by atoms with Crippen molar-refractivity contribution < 1.29 is 0 Å². The van der Waals surface area contributed by atoms with Gasteiger partial charge in [0.05, 0.1) is 0 Å². The molecule has 0 bridgehead atoms. The van der Waals surface area contributed by atoms with Gasteiger partial charge in [-0.2, -0.15) is 0 Å². The third-order valence-electron chi connectivity index (χ3n) is 10.7. The summed E-state index contributed by atoms with van der Waals surface area (Å²) in [5.74, 6) is 0. The van der Waals surface area contributed by atoms with Crippen molar-refractivity contribution in [2.75, 3.05) is 11.9 Å². The molecule has 0 unspecified atom stereocenters. The number of allylic oxidation sites excluding steroid dienone is 2. The minimum absolute atomic E-state index is 0.0113. The van der Waals surface area contributed by atoms with E-state index in [2.05, 4.69) is 150 Å². The molecule has 8 aromatic carbocycles. The first-order valence-electron chi connectivity index (χ1n) is 20.9. The highest BCUT2D eigenvalue weighted by atomic mass is 14.9. The molecule has 58 heavy (non-hydrogen) atoms. The number of nitrogens with one attached hydrogen (secondary N) is 1. The number of hydrogen-bond acceptors (Lipinski definition) is 2.